The van der Waals surface area contributed by atoms with E-state index in [4.69, 9.17) is 4.74 Å². The molecule has 0 radical (unpaired) electrons. The van der Waals surface area contributed by atoms with Crippen LogP contribution in [0, 0.1) is 6.92 Å². The van der Waals surface area contributed by atoms with Crippen molar-refractivity contribution >= 4 is 5.91 Å². The third-order valence-corrected chi connectivity index (χ3v) is 4.03. The Morgan fingerprint density at radius 3 is 2.88 bits per heavy atom. The third kappa shape index (κ3) is 3.46. The second-order valence-corrected chi connectivity index (χ2v) is 6.01. The van der Waals surface area contributed by atoms with Crippen LogP contribution in [0.25, 0.3) is 0 Å². The fraction of sp³-hybridized carbons (Fsp3) is 0.353. The normalized spacial score (nSPS) is 20.2. The first kappa shape index (κ1) is 16.2. The Morgan fingerprint density at radius 2 is 2.17 bits per heavy atom. The van der Waals surface area contributed by atoms with Crippen molar-refractivity contribution in [2.24, 2.45) is 0 Å². The molecule has 1 aromatic heterocycles. The zero-order chi connectivity index (χ0) is 17.2. The maximum atomic E-state index is 12.5. The minimum Gasteiger partial charge on any atom is -0.491 e. The van der Waals surface area contributed by atoms with Crippen molar-refractivity contribution in [1.29, 1.82) is 0 Å². The number of nitrogens with zero attached hydrogens (tertiary/aromatic N) is 2. The molecule has 7 nitrogen and oxygen atoms in total. The summed E-state index contributed by atoms with van der Waals surface area (Å²) in [6.07, 6.45) is 1.66. The molecule has 0 bridgehead atoms. The molecule has 1 aromatic carbocycles. The summed E-state index contributed by atoms with van der Waals surface area (Å²) < 4.78 is 5.60. The highest BCUT2D eigenvalue weighted by molar-refractivity contribution is 5.93. The summed E-state index contributed by atoms with van der Waals surface area (Å²) in [4.78, 5) is 32.3. The molecule has 2 heterocycles. The molecule has 0 unspecified atom stereocenters. The van der Waals surface area contributed by atoms with Crippen LogP contribution in [0.2, 0.25) is 0 Å². The standard InChI is InChI=1S/C17H19N3O4/c1-12-18-9-14(15(21)19-12)16(22)20-8-7-17(23,10-20)11-24-13-5-3-2-4-6-13/h2-6,9,23H,7-8,10-11H2,1H3,(H,18,19,21)/t17-/m1/s1. The Morgan fingerprint density at radius 1 is 1.42 bits per heavy atom. The lowest BCUT2D eigenvalue weighted by Crippen LogP contribution is -2.41. The number of aromatic nitrogens is 2. The molecule has 1 aliphatic heterocycles. The second kappa shape index (κ2) is 6.45. The zero-order valence-electron chi connectivity index (χ0n) is 13.4. The molecule has 0 saturated carbocycles. The average Bonchev–Trinajstić information content (AvgIpc) is 2.96. The van der Waals surface area contributed by atoms with E-state index in [9.17, 15) is 14.7 Å². The fourth-order valence-electron chi connectivity index (χ4n) is 2.69. The molecule has 7 heteroatoms. The lowest BCUT2D eigenvalue weighted by molar-refractivity contribution is 0.00428. The van der Waals surface area contributed by atoms with Crippen molar-refractivity contribution in [2.45, 2.75) is 18.9 Å². The van der Waals surface area contributed by atoms with Gasteiger partial charge in [-0.2, -0.15) is 0 Å². The SMILES string of the molecule is Cc1ncc(C(=O)N2CC[C@](O)(COc3ccccc3)C2)c(=O)[nH]1. The van der Waals surface area contributed by atoms with Gasteiger partial charge in [-0.3, -0.25) is 9.59 Å². The fourth-order valence-corrected chi connectivity index (χ4v) is 2.69. The predicted molar refractivity (Wildman–Crippen MR) is 87.0 cm³/mol. The highest BCUT2D eigenvalue weighted by atomic mass is 16.5. The van der Waals surface area contributed by atoms with Crippen LogP contribution in [-0.4, -0.2) is 51.2 Å². The van der Waals surface area contributed by atoms with Crippen LogP contribution in [0.3, 0.4) is 0 Å². The summed E-state index contributed by atoms with van der Waals surface area (Å²) in [6.45, 7) is 2.21. The molecule has 3 rings (SSSR count). The number of carbonyl (C=O) groups excluding carboxylic acids is 1. The van der Waals surface area contributed by atoms with Gasteiger partial charge >= 0.3 is 0 Å². The van der Waals surface area contributed by atoms with Gasteiger partial charge < -0.3 is 19.7 Å². The Balaban J connectivity index is 1.65. The van der Waals surface area contributed by atoms with Gasteiger partial charge in [-0.1, -0.05) is 18.2 Å². The van der Waals surface area contributed by atoms with Crippen molar-refractivity contribution in [3.63, 3.8) is 0 Å². The molecule has 1 aliphatic rings. The Hall–Kier alpha value is -2.67. The molecule has 24 heavy (non-hydrogen) atoms. The number of nitrogens with one attached hydrogen (secondary N) is 1. The summed E-state index contributed by atoms with van der Waals surface area (Å²) in [7, 11) is 0. The highest BCUT2D eigenvalue weighted by Crippen LogP contribution is 2.24. The van der Waals surface area contributed by atoms with Crippen molar-refractivity contribution < 1.29 is 14.6 Å². The molecule has 1 atom stereocenters. The van der Waals surface area contributed by atoms with E-state index in [1.165, 1.54) is 11.1 Å². The van der Waals surface area contributed by atoms with E-state index >= 15 is 0 Å². The number of hydrogen-bond donors (Lipinski definition) is 2. The van der Waals surface area contributed by atoms with Crippen LogP contribution in [0.15, 0.2) is 41.3 Å². The molecule has 2 N–H and O–H groups in total. The van der Waals surface area contributed by atoms with E-state index in [0.717, 1.165) is 0 Å². The number of aryl methyl sites for hydroxylation is 1. The summed E-state index contributed by atoms with van der Waals surface area (Å²) in [6, 6.07) is 9.18. The van der Waals surface area contributed by atoms with Crippen molar-refractivity contribution in [3.8, 4) is 5.75 Å². The largest absolute Gasteiger partial charge is 0.491 e. The van der Waals surface area contributed by atoms with E-state index in [1.54, 1.807) is 19.1 Å². The topological polar surface area (TPSA) is 95.5 Å². The van der Waals surface area contributed by atoms with Crippen LogP contribution in [-0.2, 0) is 0 Å². The third-order valence-electron chi connectivity index (χ3n) is 4.03. The van der Waals surface area contributed by atoms with Gasteiger partial charge in [-0.15, -0.1) is 0 Å². The number of hydrogen-bond acceptors (Lipinski definition) is 5. The van der Waals surface area contributed by atoms with Crippen LogP contribution in [0.5, 0.6) is 5.75 Å². The Labute approximate surface area is 138 Å². The van der Waals surface area contributed by atoms with E-state index < -0.39 is 17.1 Å². The van der Waals surface area contributed by atoms with E-state index in [0.29, 0.717) is 24.5 Å². The number of rotatable bonds is 4. The van der Waals surface area contributed by atoms with Crippen LogP contribution in [0.1, 0.15) is 22.6 Å². The molecular weight excluding hydrogens is 310 g/mol. The molecule has 1 amide bonds. The molecule has 2 aromatic rings. The molecular formula is C17H19N3O4. The number of aliphatic hydroxyl groups is 1. The maximum absolute atomic E-state index is 12.5. The number of likely N-dealkylation sites (tertiary alicyclic amines) is 1. The second-order valence-electron chi connectivity index (χ2n) is 6.01. The van der Waals surface area contributed by atoms with E-state index in [1.807, 2.05) is 18.2 Å². The number of H-pyrrole nitrogens is 1. The molecule has 0 spiro atoms. The van der Waals surface area contributed by atoms with Crippen LogP contribution in [0.4, 0.5) is 0 Å². The number of carbonyl (C=O) groups is 1. The molecule has 1 saturated heterocycles. The lowest BCUT2D eigenvalue weighted by atomic mass is 10.1. The maximum Gasteiger partial charge on any atom is 0.263 e. The average molecular weight is 329 g/mol. The van der Waals surface area contributed by atoms with Gasteiger partial charge in [-0.25, -0.2) is 4.98 Å². The summed E-state index contributed by atoms with van der Waals surface area (Å²) in [5.41, 5.74) is -1.62. The minimum absolute atomic E-state index is 0.0196. The first-order valence-electron chi connectivity index (χ1n) is 7.72. The van der Waals surface area contributed by atoms with E-state index in [-0.39, 0.29) is 18.7 Å². The quantitative estimate of drug-likeness (QED) is 0.862. The molecule has 126 valence electrons. The number of β-amino-alcohol motifs (C(OH)–C–C–N with tert-alkyl or cyclic N) is 1. The zero-order valence-corrected chi connectivity index (χ0v) is 13.4. The smallest absolute Gasteiger partial charge is 0.263 e. The minimum atomic E-state index is -1.13. The molecule has 1 fully saturated rings. The van der Waals surface area contributed by atoms with E-state index in [2.05, 4.69) is 9.97 Å². The number of aromatic amines is 1. The van der Waals surface area contributed by atoms with Gasteiger partial charge in [0.1, 0.15) is 29.3 Å². The Bertz CT molecular complexity index is 790. The monoisotopic (exact) mass is 329 g/mol. The van der Waals surface area contributed by atoms with Gasteiger partial charge in [0.05, 0.1) is 6.54 Å². The van der Waals surface area contributed by atoms with Crippen LogP contribution >= 0.6 is 0 Å². The van der Waals surface area contributed by atoms with Gasteiger partial charge in [0, 0.05) is 12.7 Å². The van der Waals surface area contributed by atoms with Crippen molar-refractivity contribution in [3.05, 3.63) is 58.3 Å². The number of ether oxygens (including phenoxy) is 1. The first-order chi connectivity index (χ1) is 11.5. The number of benzene rings is 1. The van der Waals surface area contributed by atoms with Gasteiger partial charge in [-0.05, 0) is 25.5 Å². The first-order valence-corrected chi connectivity index (χ1v) is 7.72. The lowest BCUT2D eigenvalue weighted by Gasteiger charge is -2.23. The van der Waals surface area contributed by atoms with Crippen molar-refractivity contribution in [1.82, 2.24) is 14.9 Å². The van der Waals surface area contributed by atoms with Crippen LogP contribution < -0.4 is 10.3 Å². The Kier molecular flexibility index (Phi) is 4.35. The summed E-state index contributed by atoms with van der Waals surface area (Å²) >= 11 is 0. The number of para-hydroxylation sites is 1. The molecule has 0 aliphatic carbocycles. The summed E-state index contributed by atoms with van der Waals surface area (Å²) in [5, 5.41) is 10.6. The summed E-state index contributed by atoms with van der Waals surface area (Å²) in [5.74, 6) is 0.681. The predicted octanol–water partition coefficient (Wildman–Crippen LogP) is 0.734. The van der Waals surface area contributed by atoms with Gasteiger partial charge in [0.25, 0.3) is 11.5 Å². The van der Waals surface area contributed by atoms with Gasteiger partial charge in [0.15, 0.2) is 0 Å². The number of amides is 1. The van der Waals surface area contributed by atoms with Crippen molar-refractivity contribution in [2.75, 3.05) is 19.7 Å². The highest BCUT2D eigenvalue weighted by Gasteiger charge is 2.39. The van der Waals surface area contributed by atoms with Gasteiger partial charge in [0.2, 0.25) is 0 Å².